The van der Waals surface area contributed by atoms with Crippen LogP contribution in [0, 0.1) is 5.92 Å². The normalized spacial score (nSPS) is 34.0. The van der Waals surface area contributed by atoms with Crippen LogP contribution in [0.3, 0.4) is 0 Å². The quantitative estimate of drug-likeness (QED) is 0.652. The van der Waals surface area contributed by atoms with E-state index in [0.29, 0.717) is 5.92 Å². The molecule has 0 aromatic rings. The Morgan fingerprint density at radius 3 is 2.40 bits per heavy atom. The fraction of sp³-hybridized carbons (Fsp3) is 0.818. The molecule has 2 N–H and O–H groups in total. The highest BCUT2D eigenvalue weighted by atomic mass is 16.2. The van der Waals surface area contributed by atoms with Crippen LogP contribution in [0.2, 0.25) is 0 Å². The van der Waals surface area contributed by atoms with E-state index in [4.69, 9.17) is 0 Å². The van der Waals surface area contributed by atoms with Crippen LogP contribution in [-0.2, 0) is 9.59 Å². The zero-order valence-electron chi connectivity index (χ0n) is 8.71. The molecule has 1 aliphatic heterocycles. The Labute approximate surface area is 88.8 Å². The van der Waals surface area contributed by atoms with Crippen molar-refractivity contribution in [3.05, 3.63) is 0 Å². The maximum Gasteiger partial charge on any atom is 0.246 e. The first-order chi connectivity index (χ1) is 7.21. The van der Waals surface area contributed by atoms with E-state index in [-0.39, 0.29) is 17.9 Å². The fourth-order valence-corrected chi connectivity index (χ4v) is 2.81. The number of carbonyl (C=O) groups excluding carboxylic acids is 2. The molecule has 4 heteroatoms. The van der Waals surface area contributed by atoms with Gasteiger partial charge in [0.05, 0.1) is 0 Å². The van der Waals surface area contributed by atoms with Gasteiger partial charge in [-0.3, -0.25) is 9.59 Å². The van der Waals surface area contributed by atoms with E-state index in [1.54, 1.807) is 0 Å². The molecule has 1 saturated heterocycles. The summed E-state index contributed by atoms with van der Waals surface area (Å²) < 4.78 is 0. The monoisotopic (exact) mass is 208 g/mol. The highest BCUT2D eigenvalue weighted by Gasteiger charge is 2.51. The summed E-state index contributed by atoms with van der Waals surface area (Å²) in [6.45, 7) is 0. The average Bonchev–Trinajstić information content (AvgIpc) is 2.94. The standard InChI is InChI=1S/C11H16N2O2/c14-9-8(7-3-4-7)12-10(15)11(13-9)5-1-2-6-11/h7-8H,1-6H2,(H,12,15)(H,13,14). The number of amides is 2. The third-order valence-electron chi connectivity index (χ3n) is 3.92. The zero-order valence-corrected chi connectivity index (χ0v) is 8.71. The first-order valence-electron chi connectivity index (χ1n) is 5.84. The van der Waals surface area contributed by atoms with E-state index in [9.17, 15) is 9.59 Å². The van der Waals surface area contributed by atoms with Gasteiger partial charge in [-0.15, -0.1) is 0 Å². The minimum Gasteiger partial charge on any atom is -0.342 e. The summed E-state index contributed by atoms with van der Waals surface area (Å²) in [6.07, 6.45) is 5.85. The van der Waals surface area contributed by atoms with Gasteiger partial charge in [0.15, 0.2) is 0 Å². The number of rotatable bonds is 1. The predicted molar refractivity (Wildman–Crippen MR) is 54.0 cm³/mol. The molecule has 2 aliphatic carbocycles. The van der Waals surface area contributed by atoms with Gasteiger partial charge >= 0.3 is 0 Å². The van der Waals surface area contributed by atoms with Crippen molar-refractivity contribution in [2.45, 2.75) is 50.1 Å². The molecule has 3 aliphatic rings. The minimum atomic E-state index is -0.553. The smallest absolute Gasteiger partial charge is 0.246 e. The van der Waals surface area contributed by atoms with Crippen LogP contribution in [0.15, 0.2) is 0 Å². The predicted octanol–water partition coefficient (Wildman–Crippen LogP) is 0.324. The lowest BCUT2D eigenvalue weighted by molar-refractivity contribution is -0.142. The van der Waals surface area contributed by atoms with Crippen molar-refractivity contribution >= 4 is 11.8 Å². The lowest BCUT2D eigenvalue weighted by atomic mass is 9.91. The number of hydrogen-bond donors (Lipinski definition) is 2. The van der Waals surface area contributed by atoms with E-state index < -0.39 is 5.54 Å². The van der Waals surface area contributed by atoms with Gasteiger partial charge in [-0.25, -0.2) is 0 Å². The Kier molecular flexibility index (Phi) is 1.82. The van der Waals surface area contributed by atoms with Crippen molar-refractivity contribution in [3.63, 3.8) is 0 Å². The molecule has 0 bridgehead atoms. The van der Waals surface area contributed by atoms with E-state index in [0.717, 1.165) is 38.5 Å². The van der Waals surface area contributed by atoms with Crippen LogP contribution < -0.4 is 10.6 Å². The zero-order chi connectivity index (χ0) is 10.5. The van der Waals surface area contributed by atoms with Gasteiger partial charge in [0.25, 0.3) is 0 Å². The summed E-state index contributed by atoms with van der Waals surface area (Å²) in [7, 11) is 0. The van der Waals surface area contributed by atoms with Gasteiger partial charge in [0.1, 0.15) is 11.6 Å². The Hall–Kier alpha value is -1.06. The topological polar surface area (TPSA) is 58.2 Å². The molecule has 0 radical (unpaired) electrons. The average molecular weight is 208 g/mol. The Morgan fingerprint density at radius 2 is 1.80 bits per heavy atom. The van der Waals surface area contributed by atoms with Crippen LogP contribution in [-0.4, -0.2) is 23.4 Å². The molecule has 15 heavy (non-hydrogen) atoms. The summed E-state index contributed by atoms with van der Waals surface area (Å²) in [5.41, 5.74) is -0.553. The lowest BCUT2D eigenvalue weighted by Gasteiger charge is -2.37. The van der Waals surface area contributed by atoms with Crippen molar-refractivity contribution in [1.29, 1.82) is 0 Å². The summed E-state index contributed by atoms with van der Waals surface area (Å²) in [4.78, 5) is 23.8. The fourth-order valence-electron chi connectivity index (χ4n) is 2.81. The van der Waals surface area contributed by atoms with Crippen molar-refractivity contribution in [1.82, 2.24) is 10.6 Å². The van der Waals surface area contributed by atoms with Gasteiger partial charge in [-0.05, 0) is 31.6 Å². The van der Waals surface area contributed by atoms with E-state index in [1.165, 1.54) is 0 Å². The van der Waals surface area contributed by atoms with E-state index >= 15 is 0 Å². The molecule has 1 heterocycles. The number of nitrogens with one attached hydrogen (secondary N) is 2. The Morgan fingerprint density at radius 1 is 1.13 bits per heavy atom. The third kappa shape index (κ3) is 1.34. The van der Waals surface area contributed by atoms with Crippen molar-refractivity contribution in [2.24, 2.45) is 5.92 Å². The van der Waals surface area contributed by atoms with Gasteiger partial charge in [0.2, 0.25) is 11.8 Å². The molecule has 1 spiro atoms. The van der Waals surface area contributed by atoms with Crippen LogP contribution in [0.5, 0.6) is 0 Å². The summed E-state index contributed by atoms with van der Waals surface area (Å²) in [5.74, 6) is 0.489. The lowest BCUT2D eigenvalue weighted by Crippen LogP contribution is -2.68. The number of piperazine rings is 1. The molecular weight excluding hydrogens is 192 g/mol. The molecule has 0 aromatic heterocycles. The van der Waals surface area contributed by atoms with Gasteiger partial charge in [-0.1, -0.05) is 12.8 Å². The second-order valence-electron chi connectivity index (χ2n) is 5.07. The van der Waals surface area contributed by atoms with Gasteiger partial charge in [-0.2, -0.15) is 0 Å². The molecule has 82 valence electrons. The molecule has 0 aromatic carbocycles. The van der Waals surface area contributed by atoms with Gasteiger partial charge < -0.3 is 10.6 Å². The van der Waals surface area contributed by atoms with E-state index in [1.807, 2.05) is 0 Å². The first kappa shape index (κ1) is 9.19. The van der Waals surface area contributed by atoms with Crippen LogP contribution in [0.4, 0.5) is 0 Å². The largest absolute Gasteiger partial charge is 0.342 e. The highest BCUT2D eigenvalue weighted by Crippen LogP contribution is 2.37. The van der Waals surface area contributed by atoms with Crippen molar-refractivity contribution < 1.29 is 9.59 Å². The second-order valence-corrected chi connectivity index (χ2v) is 5.07. The Balaban J connectivity index is 1.80. The van der Waals surface area contributed by atoms with Crippen LogP contribution in [0.1, 0.15) is 38.5 Å². The highest BCUT2D eigenvalue weighted by molar-refractivity contribution is 6.00. The SMILES string of the molecule is O=C1NC2(CCCC2)C(=O)NC1C1CC1. The summed E-state index contributed by atoms with van der Waals surface area (Å²) >= 11 is 0. The molecular formula is C11H16N2O2. The maximum atomic E-state index is 12.0. The first-order valence-corrected chi connectivity index (χ1v) is 5.84. The maximum absolute atomic E-state index is 12.0. The minimum absolute atomic E-state index is 0.0407. The van der Waals surface area contributed by atoms with Crippen molar-refractivity contribution in [3.8, 4) is 0 Å². The molecule has 1 unspecified atom stereocenters. The Bertz CT molecular complexity index is 317. The summed E-state index contributed by atoms with van der Waals surface area (Å²) in [5, 5.41) is 5.87. The van der Waals surface area contributed by atoms with Gasteiger partial charge in [0, 0.05) is 0 Å². The second kappa shape index (κ2) is 2.97. The van der Waals surface area contributed by atoms with Crippen LogP contribution >= 0.6 is 0 Å². The molecule has 2 amide bonds. The third-order valence-corrected chi connectivity index (χ3v) is 3.92. The molecule has 2 saturated carbocycles. The number of hydrogen-bond acceptors (Lipinski definition) is 2. The molecule has 3 rings (SSSR count). The summed E-state index contributed by atoms with van der Waals surface area (Å²) in [6, 6.07) is -0.247. The molecule has 3 fully saturated rings. The van der Waals surface area contributed by atoms with Crippen LogP contribution in [0.25, 0.3) is 0 Å². The molecule has 4 nitrogen and oxygen atoms in total. The number of carbonyl (C=O) groups is 2. The molecule has 1 atom stereocenters. The van der Waals surface area contributed by atoms with Crippen molar-refractivity contribution in [2.75, 3.05) is 0 Å². The van der Waals surface area contributed by atoms with E-state index in [2.05, 4.69) is 10.6 Å².